The van der Waals surface area contributed by atoms with Crippen molar-refractivity contribution < 1.29 is 5.21 Å². The van der Waals surface area contributed by atoms with E-state index in [9.17, 15) is 0 Å². The summed E-state index contributed by atoms with van der Waals surface area (Å²) in [7, 11) is 0. The Labute approximate surface area is 57.5 Å². The van der Waals surface area contributed by atoms with Gasteiger partial charge in [0.2, 0.25) is 0 Å². The van der Waals surface area contributed by atoms with Gasteiger partial charge in [-0.05, 0) is 12.2 Å². The predicted octanol–water partition coefficient (Wildman–Crippen LogP) is 1.31. The van der Waals surface area contributed by atoms with Crippen LogP contribution in [0.4, 0.5) is 0 Å². The van der Waals surface area contributed by atoms with Crippen molar-refractivity contribution in [2.45, 2.75) is 0 Å². The van der Waals surface area contributed by atoms with Crippen LogP contribution in [-0.2, 0) is 0 Å². The van der Waals surface area contributed by atoms with Crippen molar-refractivity contribution in [1.82, 2.24) is 5.17 Å². The lowest BCUT2D eigenvalue weighted by Gasteiger charge is -1.99. The van der Waals surface area contributed by atoms with E-state index in [4.69, 9.17) is 16.8 Å². The Hall–Kier alpha value is -0.800. The number of halogens is 1. The van der Waals surface area contributed by atoms with Gasteiger partial charge in [0.25, 0.3) is 0 Å². The molecule has 48 valence electrons. The minimum atomic E-state index is 0.252. The first-order chi connectivity index (χ1) is 4.29. The second kappa shape index (κ2) is 2.66. The molecule has 1 heterocycles. The molecule has 1 aliphatic rings. The minimum Gasteiger partial charge on any atom is -0.268 e. The van der Waals surface area contributed by atoms with Crippen molar-refractivity contribution in [3.05, 3.63) is 24.4 Å². The van der Waals surface area contributed by atoms with Crippen molar-refractivity contribution in [3.8, 4) is 0 Å². The summed E-state index contributed by atoms with van der Waals surface area (Å²) in [4.78, 5) is 0. The first kappa shape index (κ1) is 6.32. The van der Waals surface area contributed by atoms with E-state index in [1.165, 1.54) is 6.20 Å². The van der Waals surface area contributed by atoms with Crippen molar-refractivity contribution >= 4 is 16.8 Å². The van der Waals surface area contributed by atoms with E-state index in [-0.39, 0.29) is 5.17 Å². The molecule has 0 spiro atoms. The highest BCUT2D eigenvalue weighted by Gasteiger charge is 1.92. The van der Waals surface area contributed by atoms with Gasteiger partial charge in [-0.1, -0.05) is 17.7 Å². The Morgan fingerprint density at radius 3 is 3.11 bits per heavy atom. The van der Waals surface area contributed by atoms with Crippen LogP contribution in [0.25, 0.3) is 0 Å². The fourth-order valence-electron chi connectivity index (χ4n) is 0.426. The molecule has 0 unspecified atom stereocenters. The molecule has 0 saturated carbocycles. The average molecular weight is 145 g/mol. The fourth-order valence-corrected chi connectivity index (χ4v) is 0.576. The first-order valence-corrected chi connectivity index (χ1v) is 2.74. The molecule has 0 radical (unpaired) electrons. The third kappa shape index (κ3) is 1.87. The summed E-state index contributed by atoms with van der Waals surface area (Å²) in [5, 5.41) is 13.1. The first-order valence-electron chi connectivity index (χ1n) is 2.36. The van der Waals surface area contributed by atoms with Crippen LogP contribution in [-0.4, -0.2) is 15.6 Å². The zero-order chi connectivity index (χ0) is 6.69. The molecule has 0 aliphatic carbocycles. The van der Waals surface area contributed by atoms with E-state index in [1.54, 1.807) is 18.2 Å². The summed E-state index contributed by atoms with van der Waals surface area (Å²) in [6.45, 7) is 0. The summed E-state index contributed by atoms with van der Waals surface area (Å²) in [6, 6.07) is 0. The van der Waals surface area contributed by atoms with Crippen molar-refractivity contribution in [3.63, 3.8) is 0 Å². The van der Waals surface area contributed by atoms with Crippen LogP contribution in [0.15, 0.2) is 29.5 Å². The van der Waals surface area contributed by atoms with Crippen LogP contribution >= 0.6 is 11.6 Å². The van der Waals surface area contributed by atoms with Gasteiger partial charge in [0, 0.05) is 0 Å². The molecule has 9 heavy (non-hydrogen) atoms. The van der Waals surface area contributed by atoms with Gasteiger partial charge in [-0.25, -0.2) is 0 Å². The van der Waals surface area contributed by atoms with Crippen molar-refractivity contribution in [2.75, 3.05) is 0 Å². The maximum atomic E-state index is 8.69. The standard InChI is InChI=1S/C5H5ClN2O/c6-5-3-1-2-4-8(9)7-5/h1-4,9H. The Morgan fingerprint density at radius 1 is 1.56 bits per heavy atom. The average Bonchev–Trinajstić information content (AvgIpc) is 1.93. The summed E-state index contributed by atoms with van der Waals surface area (Å²) in [5.74, 6) is 0. The highest BCUT2D eigenvalue weighted by Crippen LogP contribution is 1.97. The molecule has 1 N–H and O–H groups in total. The number of hydrogen-bond acceptors (Lipinski definition) is 3. The quantitative estimate of drug-likeness (QED) is 0.557. The Kier molecular flexibility index (Phi) is 1.87. The lowest BCUT2D eigenvalue weighted by Crippen LogP contribution is -2.02. The van der Waals surface area contributed by atoms with Crippen LogP contribution in [0.5, 0.6) is 0 Å². The molecule has 0 fully saturated rings. The normalized spacial score (nSPS) is 17.6. The van der Waals surface area contributed by atoms with E-state index in [0.29, 0.717) is 5.17 Å². The second-order valence-corrected chi connectivity index (χ2v) is 1.83. The minimum absolute atomic E-state index is 0.252. The summed E-state index contributed by atoms with van der Waals surface area (Å²) < 4.78 is 0. The summed E-state index contributed by atoms with van der Waals surface area (Å²) in [6.07, 6.45) is 6.26. The van der Waals surface area contributed by atoms with Crippen LogP contribution in [0, 0.1) is 0 Å². The molecule has 0 aromatic heterocycles. The number of hydrazone groups is 1. The Morgan fingerprint density at radius 2 is 2.33 bits per heavy atom. The van der Waals surface area contributed by atoms with Crippen LogP contribution in [0.3, 0.4) is 0 Å². The third-order valence-electron chi connectivity index (χ3n) is 0.762. The molecular formula is C5H5ClN2O. The van der Waals surface area contributed by atoms with E-state index < -0.39 is 0 Å². The van der Waals surface area contributed by atoms with Crippen LogP contribution in [0.1, 0.15) is 0 Å². The number of rotatable bonds is 0. The molecule has 1 aliphatic heterocycles. The number of allylic oxidation sites excluding steroid dienone is 3. The Bertz CT molecular complexity index is 185. The monoisotopic (exact) mass is 144 g/mol. The molecule has 3 nitrogen and oxygen atoms in total. The smallest absolute Gasteiger partial charge is 0.152 e. The molecule has 0 aromatic rings. The van der Waals surface area contributed by atoms with E-state index in [1.807, 2.05) is 0 Å². The van der Waals surface area contributed by atoms with E-state index >= 15 is 0 Å². The highest BCUT2D eigenvalue weighted by molar-refractivity contribution is 6.68. The predicted molar refractivity (Wildman–Crippen MR) is 35.2 cm³/mol. The second-order valence-electron chi connectivity index (χ2n) is 1.44. The zero-order valence-corrected chi connectivity index (χ0v) is 5.28. The van der Waals surface area contributed by atoms with Gasteiger partial charge >= 0.3 is 0 Å². The Balaban J connectivity index is 2.77. The topological polar surface area (TPSA) is 35.8 Å². The van der Waals surface area contributed by atoms with Gasteiger partial charge in [0.1, 0.15) is 0 Å². The summed E-state index contributed by atoms with van der Waals surface area (Å²) >= 11 is 5.44. The number of hydroxylamine groups is 1. The van der Waals surface area contributed by atoms with Crippen LogP contribution < -0.4 is 0 Å². The lowest BCUT2D eigenvalue weighted by atomic mass is 10.5. The molecule has 0 saturated heterocycles. The van der Waals surface area contributed by atoms with Gasteiger partial charge in [0.15, 0.2) is 5.17 Å². The largest absolute Gasteiger partial charge is 0.268 e. The molecule has 4 heteroatoms. The van der Waals surface area contributed by atoms with Crippen molar-refractivity contribution in [1.29, 1.82) is 0 Å². The molecular weight excluding hydrogens is 140 g/mol. The van der Waals surface area contributed by atoms with Gasteiger partial charge < -0.3 is 0 Å². The number of hydrogen-bond donors (Lipinski definition) is 1. The molecule has 0 atom stereocenters. The lowest BCUT2D eigenvalue weighted by molar-refractivity contribution is -0.0379. The molecule has 0 amide bonds. The maximum absolute atomic E-state index is 8.69. The molecule has 0 aromatic carbocycles. The van der Waals surface area contributed by atoms with E-state index in [0.717, 1.165) is 0 Å². The maximum Gasteiger partial charge on any atom is 0.152 e. The van der Waals surface area contributed by atoms with Gasteiger partial charge in [-0.15, -0.1) is 10.3 Å². The summed E-state index contributed by atoms with van der Waals surface area (Å²) in [5.41, 5.74) is 0. The highest BCUT2D eigenvalue weighted by atomic mass is 35.5. The van der Waals surface area contributed by atoms with E-state index in [2.05, 4.69) is 5.10 Å². The van der Waals surface area contributed by atoms with Crippen LogP contribution in [0.2, 0.25) is 0 Å². The fraction of sp³-hybridized carbons (Fsp3) is 0. The SMILES string of the molecule is ON1C=CC=CC(Cl)=N1. The number of nitrogens with zero attached hydrogens (tertiary/aromatic N) is 2. The zero-order valence-electron chi connectivity index (χ0n) is 4.53. The van der Waals surface area contributed by atoms with Gasteiger partial charge in [0.05, 0.1) is 6.20 Å². The van der Waals surface area contributed by atoms with Gasteiger partial charge in [-0.3, -0.25) is 5.21 Å². The third-order valence-corrected chi connectivity index (χ3v) is 0.964. The molecule has 0 bridgehead atoms. The molecule has 1 rings (SSSR count). The van der Waals surface area contributed by atoms with Crippen molar-refractivity contribution in [2.24, 2.45) is 5.10 Å². The van der Waals surface area contributed by atoms with Gasteiger partial charge in [-0.2, -0.15) is 0 Å².